The fourth-order valence-corrected chi connectivity index (χ4v) is 2.71. The molecule has 20 heavy (non-hydrogen) atoms. The Balaban J connectivity index is 2.01. The van der Waals surface area contributed by atoms with Gasteiger partial charge in [-0.3, -0.25) is 9.69 Å². The van der Waals surface area contributed by atoms with E-state index in [-0.39, 0.29) is 11.9 Å². The topological polar surface area (TPSA) is 28.5 Å². The fraction of sp³-hybridized carbons (Fsp3) is 0.438. The van der Waals surface area contributed by atoms with Crippen LogP contribution in [0.15, 0.2) is 43.6 Å². The van der Waals surface area contributed by atoms with E-state index in [0.29, 0.717) is 19.6 Å². The molecular weight excluding hydrogens is 250 g/mol. The van der Waals surface area contributed by atoms with E-state index in [1.807, 2.05) is 0 Å². The van der Waals surface area contributed by atoms with Crippen LogP contribution in [0, 0.1) is 0 Å². The number of rotatable bonds is 6. The van der Waals surface area contributed by atoms with Crippen LogP contribution in [0.25, 0.3) is 0 Å². The summed E-state index contributed by atoms with van der Waals surface area (Å²) < 4.78 is 2.26. The summed E-state index contributed by atoms with van der Waals surface area (Å²) in [4.78, 5) is 16.4. The Kier molecular flexibility index (Phi) is 4.79. The lowest BCUT2D eigenvalue weighted by molar-refractivity contribution is -0.132. The molecule has 0 spiro atoms. The molecule has 0 saturated heterocycles. The Hall–Kier alpha value is -1.81. The van der Waals surface area contributed by atoms with Gasteiger partial charge < -0.3 is 9.47 Å². The monoisotopic (exact) mass is 273 g/mol. The minimum atomic E-state index is 0.136. The van der Waals surface area contributed by atoms with E-state index in [2.05, 4.69) is 47.9 Å². The highest BCUT2D eigenvalue weighted by Gasteiger charge is 2.26. The van der Waals surface area contributed by atoms with E-state index >= 15 is 0 Å². The largest absolute Gasteiger partial charge is 0.349 e. The van der Waals surface area contributed by atoms with Crippen LogP contribution >= 0.6 is 0 Å². The Morgan fingerprint density at radius 3 is 2.75 bits per heavy atom. The van der Waals surface area contributed by atoms with Gasteiger partial charge in [-0.05, 0) is 19.1 Å². The molecular formula is C16H23N3O. The predicted molar refractivity (Wildman–Crippen MR) is 81.4 cm³/mol. The first-order valence-electron chi connectivity index (χ1n) is 7.06. The van der Waals surface area contributed by atoms with Gasteiger partial charge in [-0.2, -0.15) is 0 Å². The standard InChI is InChI=1S/C16H23N3O/c1-4-8-18(9-5-2)16(20)13-19-12-11-17-10-6-7-15(17)14(19)3/h4-7,10,14H,1-2,8-9,11-13H2,3H3/t14-/m0/s1. The number of aromatic nitrogens is 1. The summed E-state index contributed by atoms with van der Waals surface area (Å²) in [6.45, 7) is 13.0. The van der Waals surface area contributed by atoms with Crippen LogP contribution in [-0.2, 0) is 11.3 Å². The zero-order chi connectivity index (χ0) is 14.5. The molecule has 108 valence electrons. The Morgan fingerprint density at radius 2 is 2.10 bits per heavy atom. The summed E-state index contributed by atoms with van der Waals surface area (Å²) in [5.41, 5.74) is 1.28. The van der Waals surface area contributed by atoms with Gasteiger partial charge in [0.05, 0.1) is 6.54 Å². The van der Waals surface area contributed by atoms with Crippen LogP contribution < -0.4 is 0 Å². The zero-order valence-electron chi connectivity index (χ0n) is 12.2. The highest BCUT2D eigenvalue weighted by molar-refractivity contribution is 5.78. The van der Waals surface area contributed by atoms with Gasteiger partial charge in [-0.25, -0.2) is 0 Å². The zero-order valence-corrected chi connectivity index (χ0v) is 12.2. The number of nitrogens with zero attached hydrogens (tertiary/aromatic N) is 3. The van der Waals surface area contributed by atoms with Crippen LogP contribution in [0.5, 0.6) is 0 Å². The number of carbonyl (C=O) groups excluding carboxylic acids is 1. The number of hydrogen-bond acceptors (Lipinski definition) is 2. The van der Waals surface area contributed by atoms with Gasteiger partial charge in [0.2, 0.25) is 5.91 Å². The van der Waals surface area contributed by atoms with E-state index in [9.17, 15) is 4.79 Å². The molecule has 1 aromatic rings. The van der Waals surface area contributed by atoms with Crippen molar-refractivity contribution in [2.24, 2.45) is 0 Å². The van der Waals surface area contributed by atoms with Gasteiger partial charge in [0.1, 0.15) is 0 Å². The summed E-state index contributed by atoms with van der Waals surface area (Å²) >= 11 is 0. The summed E-state index contributed by atoms with van der Waals surface area (Å²) in [6, 6.07) is 4.47. The molecule has 0 N–H and O–H groups in total. The first-order chi connectivity index (χ1) is 9.67. The van der Waals surface area contributed by atoms with E-state index in [1.165, 1.54) is 5.69 Å². The van der Waals surface area contributed by atoms with Crippen LogP contribution in [0.2, 0.25) is 0 Å². The second kappa shape index (κ2) is 6.57. The van der Waals surface area contributed by atoms with Gasteiger partial charge >= 0.3 is 0 Å². The second-order valence-corrected chi connectivity index (χ2v) is 5.15. The molecule has 0 aliphatic carbocycles. The molecule has 1 amide bonds. The minimum absolute atomic E-state index is 0.136. The molecule has 0 saturated carbocycles. The SMILES string of the molecule is C=CCN(CC=C)C(=O)CN1CCn2cccc2[C@@H]1C. The molecule has 0 aromatic carbocycles. The van der Waals surface area contributed by atoms with Crippen molar-refractivity contribution in [2.45, 2.75) is 19.5 Å². The van der Waals surface area contributed by atoms with Gasteiger partial charge in [-0.15, -0.1) is 13.2 Å². The molecule has 1 aliphatic heterocycles. The smallest absolute Gasteiger partial charge is 0.237 e. The third kappa shape index (κ3) is 3.02. The van der Waals surface area contributed by atoms with Crippen LogP contribution in [0.3, 0.4) is 0 Å². The van der Waals surface area contributed by atoms with Crippen LogP contribution in [0.4, 0.5) is 0 Å². The van der Waals surface area contributed by atoms with E-state index in [4.69, 9.17) is 0 Å². The van der Waals surface area contributed by atoms with Crippen molar-refractivity contribution < 1.29 is 4.79 Å². The molecule has 1 aliphatic rings. The summed E-state index contributed by atoms with van der Waals surface area (Å²) in [5, 5.41) is 0. The Bertz CT molecular complexity index is 482. The third-order valence-electron chi connectivity index (χ3n) is 3.86. The third-order valence-corrected chi connectivity index (χ3v) is 3.86. The number of hydrogen-bond donors (Lipinski definition) is 0. The number of amides is 1. The maximum atomic E-state index is 12.4. The molecule has 4 heteroatoms. The first kappa shape index (κ1) is 14.6. The average molecular weight is 273 g/mol. The summed E-state index contributed by atoms with van der Waals surface area (Å²) in [5.74, 6) is 0.136. The van der Waals surface area contributed by atoms with Crippen molar-refractivity contribution >= 4 is 5.91 Å². The number of fused-ring (bicyclic) bond motifs is 1. The van der Waals surface area contributed by atoms with Crippen molar-refractivity contribution in [3.63, 3.8) is 0 Å². The Labute approximate surface area is 121 Å². The van der Waals surface area contributed by atoms with Crippen molar-refractivity contribution in [2.75, 3.05) is 26.2 Å². The molecule has 1 aromatic heterocycles. The number of carbonyl (C=O) groups is 1. The molecule has 4 nitrogen and oxygen atoms in total. The maximum Gasteiger partial charge on any atom is 0.237 e. The van der Waals surface area contributed by atoms with Crippen molar-refractivity contribution in [3.8, 4) is 0 Å². The van der Waals surface area contributed by atoms with Crippen molar-refractivity contribution in [1.82, 2.24) is 14.4 Å². The lowest BCUT2D eigenvalue weighted by atomic mass is 10.1. The van der Waals surface area contributed by atoms with Gasteiger partial charge in [0.25, 0.3) is 0 Å². The van der Waals surface area contributed by atoms with E-state index in [1.54, 1.807) is 17.1 Å². The van der Waals surface area contributed by atoms with Gasteiger partial charge in [0.15, 0.2) is 0 Å². The molecule has 1 atom stereocenters. The lowest BCUT2D eigenvalue weighted by Gasteiger charge is -2.35. The van der Waals surface area contributed by atoms with Gasteiger partial charge in [0, 0.05) is 44.1 Å². The van der Waals surface area contributed by atoms with Crippen LogP contribution in [-0.4, -0.2) is 46.5 Å². The maximum absolute atomic E-state index is 12.4. The molecule has 0 radical (unpaired) electrons. The summed E-state index contributed by atoms with van der Waals surface area (Å²) in [7, 11) is 0. The molecule has 2 rings (SSSR count). The normalized spacial score (nSPS) is 18.4. The van der Waals surface area contributed by atoms with Crippen LogP contribution in [0.1, 0.15) is 18.7 Å². The molecule has 0 fully saturated rings. The van der Waals surface area contributed by atoms with Gasteiger partial charge in [-0.1, -0.05) is 12.2 Å². The fourth-order valence-electron chi connectivity index (χ4n) is 2.71. The minimum Gasteiger partial charge on any atom is -0.349 e. The highest BCUT2D eigenvalue weighted by Crippen LogP contribution is 2.24. The predicted octanol–water partition coefficient (Wildman–Crippen LogP) is 2.07. The molecule has 2 heterocycles. The first-order valence-corrected chi connectivity index (χ1v) is 7.06. The van der Waals surface area contributed by atoms with Crippen molar-refractivity contribution in [1.29, 1.82) is 0 Å². The quantitative estimate of drug-likeness (QED) is 0.742. The van der Waals surface area contributed by atoms with E-state index in [0.717, 1.165) is 13.1 Å². The summed E-state index contributed by atoms with van der Waals surface area (Å²) in [6.07, 6.45) is 5.62. The molecule has 0 bridgehead atoms. The average Bonchev–Trinajstić information content (AvgIpc) is 2.91. The molecule has 0 unspecified atom stereocenters. The highest BCUT2D eigenvalue weighted by atomic mass is 16.2. The Morgan fingerprint density at radius 1 is 1.40 bits per heavy atom. The van der Waals surface area contributed by atoms with E-state index < -0.39 is 0 Å². The lowest BCUT2D eigenvalue weighted by Crippen LogP contribution is -2.44. The van der Waals surface area contributed by atoms with Crippen molar-refractivity contribution in [3.05, 3.63) is 49.3 Å². The second-order valence-electron chi connectivity index (χ2n) is 5.15.